The number of hydrogen-bond donors (Lipinski definition) is 4. The molecule has 1 saturated carbocycles. The summed E-state index contributed by atoms with van der Waals surface area (Å²) in [4.78, 5) is 19.1. The van der Waals surface area contributed by atoms with Gasteiger partial charge in [0.25, 0.3) is 0 Å². The van der Waals surface area contributed by atoms with Gasteiger partial charge in [0.1, 0.15) is 0 Å². The van der Waals surface area contributed by atoms with Crippen LogP contribution in [0.3, 0.4) is 0 Å². The average Bonchev–Trinajstić information content (AvgIpc) is 2.25. The van der Waals surface area contributed by atoms with Gasteiger partial charge in [-0.25, -0.2) is 9.59 Å². The molecule has 0 saturated heterocycles. The molecule has 21 heavy (non-hydrogen) atoms. The number of aliphatic hydroxyl groups excluding tert-OH is 1. The molecule has 0 unspecified atom stereocenters. The Kier molecular flexibility index (Phi) is 9.87. The Balaban J connectivity index is 0. The van der Waals surface area contributed by atoms with Crippen molar-refractivity contribution in [2.24, 2.45) is 17.6 Å². The summed E-state index contributed by atoms with van der Waals surface area (Å²) in [5.74, 6) is -1.56. The molecule has 0 amide bonds. The van der Waals surface area contributed by atoms with E-state index < -0.39 is 11.9 Å². The lowest BCUT2D eigenvalue weighted by Gasteiger charge is -2.39. The standard InChI is InChI=1S/C10H21NO.C4H4O4.H2O/c1-7-4-5-8(9(12)6-7)10(2,3)11;5-3(6)1-2-4(7)8;/h7-9,12H,4-6,11H2,1-3H3;1-2H,(H,5,6)(H,7,8);1H2/b;2-1-;/t7-,8+,9+;;/m1../s1. The molecule has 1 rings (SSSR count). The summed E-state index contributed by atoms with van der Waals surface area (Å²) in [5.41, 5.74) is 5.76. The van der Waals surface area contributed by atoms with Crippen LogP contribution in [0.25, 0.3) is 0 Å². The maximum atomic E-state index is 9.79. The molecule has 0 aliphatic heterocycles. The minimum absolute atomic E-state index is 0. The van der Waals surface area contributed by atoms with Gasteiger partial charge in [-0.2, -0.15) is 0 Å². The highest BCUT2D eigenvalue weighted by Gasteiger charge is 2.35. The fourth-order valence-electron chi connectivity index (χ4n) is 2.36. The number of carboxylic acids is 2. The second kappa shape index (κ2) is 9.49. The van der Waals surface area contributed by atoms with E-state index in [-0.39, 0.29) is 23.0 Å². The van der Waals surface area contributed by atoms with E-state index in [4.69, 9.17) is 15.9 Å². The summed E-state index contributed by atoms with van der Waals surface area (Å²) >= 11 is 0. The molecule has 1 fully saturated rings. The summed E-state index contributed by atoms with van der Waals surface area (Å²) in [6, 6.07) is 0. The van der Waals surface area contributed by atoms with Crippen LogP contribution in [0.4, 0.5) is 0 Å². The molecule has 0 heterocycles. The lowest BCUT2D eigenvalue weighted by Crippen LogP contribution is -2.48. The van der Waals surface area contributed by atoms with Crippen molar-refractivity contribution in [1.29, 1.82) is 0 Å². The number of hydrogen-bond acceptors (Lipinski definition) is 4. The molecular formula is C14H27NO6. The maximum absolute atomic E-state index is 9.79. The van der Waals surface area contributed by atoms with Crippen molar-refractivity contribution >= 4 is 11.9 Å². The summed E-state index contributed by atoms with van der Waals surface area (Å²) in [6.45, 7) is 6.22. The van der Waals surface area contributed by atoms with Gasteiger partial charge in [-0.1, -0.05) is 13.3 Å². The zero-order chi connectivity index (χ0) is 15.9. The third-order valence-electron chi connectivity index (χ3n) is 3.40. The fourth-order valence-corrected chi connectivity index (χ4v) is 2.36. The monoisotopic (exact) mass is 305 g/mol. The fraction of sp³-hybridized carbons (Fsp3) is 0.714. The molecule has 0 radical (unpaired) electrons. The minimum atomic E-state index is -1.26. The molecule has 7 N–H and O–H groups in total. The molecule has 124 valence electrons. The van der Waals surface area contributed by atoms with E-state index in [1.807, 2.05) is 13.8 Å². The van der Waals surface area contributed by atoms with Crippen LogP contribution in [-0.2, 0) is 9.59 Å². The largest absolute Gasteiger partial charge is 0.478 e. The first kappa shape index (κ1) is 21.9. The lowest BCUT2D eigenvalue weighted by molar-refractivity contribution is -0.134. The van der Waals surface area contributed by atoms with Crippen LogP contribution in [0.5, 0.6) is 0 Å². The molecule has 0 aromatic heterocycles. The van der Waals surface area contributed by atoms with Gasteiger partial charge in [-0.15, -0.1) is 0 Å². The van der Waals surface area contributed by atoms with Crippen LogP contribution in [-0.4, -0.2) is 44.4 Å². The van der Waals surface area contributed by atoms with E-state index in [1.165, 1.54) is 6.42 Å². The quantitative estimate of drug-likeness (QED) is 0.554. The summed E-state index contributed by atoms with van der Waals surface area (Å²) < 4.78 is 0. The molecular weight excluding hydrogens is 278 g/mol. The number of rotatable bonds is 3. The Morgan fingerprint density at radius 3 is 1.86 bits per heavy atom. The average molecular weight is 305 g/mol. The topological polar surface area (TPSA) is 152 Å². The van der Waals surface area contributed by atoms with Crippen molar-refractivity contribution < 1.29 is 30.4 Å². The Labute approximate surface area is 124 Å². The molecule has 0 aromatic carbocycles. The highest BCUT2D eigenvalue weighted by molar-refractivity contribution is 5.89. The molecule has 3 atom stereocenters. The van der Waals surface area contributed by atoms with E-state index >= 15 is 0 Å². The Hall–Kier alpha value is -1.44. The normalized spacial score (nSPS) is 25.5. The van der Waals surface area contributed by atoms with Gasteiger partial charge in [0.2, 0.25) is 0 Å². The number of aliphatic carboxylic acids is 2. The van der Waals surface area contributed by atoms with Crippen molar-refractivity contribution in [3.63, 3.8) is 0 Å². The highest BCUT2D eigenvalue weighted by Crippen LogP contribution is 2.34. The van der Waals surface area contributed by atoms with Crippen molar-refractivity contribution in [2.45, 2.75) is 51.7 Å². The first-order chi connectivity index (χ1) is 9.04. The number of nitrogens with two attached hydrogens (primary N) is 1. The van der Waals surface area contributed by atoms with Crippen LogP contribution in [0, 0.1) is 11.8 Å². The van der Waals surface area contributed by atoms with E-state index in [2.05, 4.69) is 6.92 Å². The second-order valence-electron chi connectivity index (χ2n) is 5.92. The summed E-state index contributed by atoms with van der Waals surface area (Å²) in [7, 11) is 0. The first-order valence-electron chi connectivity index (χ1n) is 6.65. The number of carboxylic acid groups (broad SMARTS) is 2. The second-order valence-corrected chi connectivity index (χ2v) is 5.92. The van der Waals surface area contributed by atoms with Gasteiger partial charge in [-0.05, 0) is 32.6 Å². The predicted octanol–water partition coefficient (Wildman–Crippen LogP) is 0.408. The van der Waals surface area contributed by atoms with Crippen LogP contribution >= 0.6 is 0 Å². The van der Waals surface area contributed by atoms with E-state index in [0.717, 1.165) is 12.8 Å². The molecule has 0 spiro atoms. The summed E-state index contributed by atoms with van der Waals surface area (Å²) in [5, 5.41) is 25.4. The van der Waals surface area contributed by atoms with E-state index in [9.17, 15) is 14.7 Å². The van der Waals surface area contributed by atoms with Gasteiger partial charge < -0.3 is 26.5 Å². The zero-order valence-electron chi connectivity index (χ0n) is 12.7. The van der Waals surface area contributed by atoms with E-state index in [1.54, 1.807) is 0 Å². The molecule has 0 bridgehead atoms. The SMILES string of the molecule is C[C@@H]1CC[C@H](C(C)(C)N)[C@@H](O)C1.O.O=C(O)/C=C\C(=O)O. The van der Waals surface area contributed by atoms with Crippen molar-refractivity contribution in [3.8, 4) is 0 Å². The lowest BCUT2D eigenvalue weighted by atomic mass is 9.72. The first-order valence-corrected chi connectivity index (χ1v) is 6.65. The van der Waals surface area contributed by atoms with Gasteiger partial charge in [0.15, 0.2) is 0 Å². The van der Waals surface area contributed by atoms with Gasteiger partial charge in [-0.3, -0.25) is 0 Å². The Morgan fingerprint density at radius 2 is 1.57 bits per heavy atom. The number of aliphatic hydroxyl groups is 1. The molecule has 7 nitrogen and oxygen atoms in total. The predicted molar refractivity (Wildman–Crippen MR) is 78.8 cm³/mol. The smallest absolute Gasteiger partial charge is 0.328 e. The Bertz CT molecular complexity index is 345. The third kappa shape index (κ3) is 10.0. The van der Waals surface area contributed by atoms with Crippen LogP contribution < -0.4 is 5.73 Å². The molecule has 1 aliphatic carbocycles. The third-order valence-corrected chi connectivity index (χ3v) is 3.40. The van der Waals surface area contributed by atoms with Crippen molar-refractivity contribution in [1.82, 2.24) is 0 Å². The molecule has 0 aromatic rings. The minimum Gasteiger partial charge on any atom is -0.478 e. The van der Waals surface area contributed by atoms with Crippen LogP contribution in [0.1, 0.15) is 40.0 Å². The number of carbonyl (C=O) groups is 2. The zero-order valence-corrected chi connectivity index (χ0v) is 12.7. The van der Waals surface area contributed by atoms with Crippen LogP contribution in [0.2, 0.25) is 0 Å². The van der Waals surface area contributed by atoms with Gasteiger partial charge >= 0.3 is 11.9 Å². The van der Waals surface area contributed by atoms with Gasteiger partial charge in [0, 0.05) is 23.6 Å². The van der Waals surface area contributed by atoms with E-state index in [0.29, 0.717) is 18.1 Å². The highest BCUT2D eigenvalue weighted by atomic mass is 16.4. The molecule has 1 aliphatic rings. The summed E-state index contributed by atoms with van der Waals surface area (Å²) in [6.07, 6.45) is 4.14. The maximum Gasteiger partial charge on any atom is 0.328 e. The van der Waals surface area contributed by atoms with Gasteiger partial charge in [0.05, 0.1) is 6.10 Å². The van der Waals surface area contributed by atoms with Crippen LogP contribution in [0.15, 0.2) is 12.2 Å². The van der Waals surface area contributed by atoms with Crippen molar-refractivity contribution in [3.05, 3.63) is 12.2 Å². The Morgan fingerprint density at radius 1 is 1.14 bits per heavy atom. The molecule has 7 heteroatoms. The van der Waals surface area contributed by atoms with Crippen molar-refractivity contribution in [2.75, 3.05) is 0 Å².